The van der Waals surface area contributed by atoms with Gasteiger partial charge in [0.1, 0.15) is 0 Å². The van der Waals surface area contributed by atoms with Crippen LogP contribution in [-0.4, -0.2) is 48.4 Å². The Morgan fingerprint density at radius 1 is 1.12 bits per heavy atom. The highest BCUT2D eigenvalue weighted by Crippen LogP contribution is 2.40. The molecule has 2 fully saturated rings. The molecule has 1 aromatic carbocycles. The number of piperidine rings is 2. The number of carbonyl (C=O) groups excluding carboxylic acids is 1. The SMILES string of the molecule is CC(C)S(=O)(=O)N1CCCC2(CCC(=O)N(Cc3ccccc3)C2)C1. The molecule has 3 rings (SSSR count). The van der Waals surface area contributed by atoms with Crippen molar-refractivity contribution >= 4 is 15.9 Å². The highest BCUT2D eigenvalue weighted by molar-refractivity contribution is 7.89. The first kappa shape index (κ1) is 18.4. The van der Waals surface area contributed by atoms with E-state index < -0.39 is 15.3 Å². The zero-order valence-electron chi connectivity index (χ0n) is 15.1. The quantitative estimate of drug-likeness (QED) is 0.825. The highest BCUT2D eigenvalue weighted by Gasteiger charge is 2.44. The predicted molar refractivity (Wildman–Crippen MR) is 98.4 cm³/mol. The number of sulfonamides is 1. The van der Waals surface area contributed by atoms with E-state index in [-0.39, 0.29) is 11.3 Å². The van der Waals surface area contributed by atoms with Crippen LogP contribution in [0.15, 0.2) is 30.3 Å². The number of hydrogen-bond acceptors (Lipinski definition) is 3. The highest BCUT2D eigenvalue weighted by atomic mass is 32.2. The Labute approximate surface area is 151 Å². The smallest absolute Gasteiger partial charge is 0.222 e. The molecule has 1 atom stereocenters. The van der Waals surface area contributed by atoms with E-state index in [4.69, 9.17) is 0 Å². The average molecular weight is 365 g/mol. The minimum absolute atomic E-state index is 0.0943. The van der Waals surface area contributed by atoms with Gasteiger partial charge >= 0.3 is 0 Å². The zero-order valence-corrected chi connectivity index (χ0v) is 16.0. The number of nitrogens with zero attached hydrogens (tertiary/aromatic N) is 2. The summed E-state index contributed by atoms with van der Waals surface area (Å²) in [4.78, 5) is 14.3. The van der Waals surface area contributed by atoms with Crippen LogP contribution in [-0.2, 0) is 21.4 Å². The summed E-state index contributed by atoms with van der Waals surface area (Å²) in [6.45, 7) is 5.90. The Morgan fingerprint density at radius 3 is 2.52 bits per heavy atom. The average Bonchev–Trinajstić information content (AvgIpc) is 2.59. The summed E-state index contributed by atoms with van der Waals surface area (Å²) in [6.07, 6.45) is 3.18. The van der Waals surface area contributed by atoms with Crippen molar-refractivity contribution in [3.63, 3.8) is 0 Å². The van der Waals surface area contributed by atoms with E-state index in [0.717, 1.165) is 24.8 Å². The fraction of sp³-hybridized carbons (Fsp3) is 0.632. The minimum atomic E-state index is -3.24. The molecule has 5 nitrogen and oxygen atoms in total. The minimum Gasteiger partial charge on any atom is -0.338 e. The lowest BCUT2D eigenvalue weighted by Crippen LogP contribution is -2.55. The van der Waals surface area contributed by atoms with Crippen molar-refractivity contribution in [3.05, 3.63) is 35.9 Å². The van der Waals surface area contributed by atoms with Gasteiger partial charge in [-0.15, -0.1) is 0 Å². The summed E-state index contributed by atoms with van der Waals surface area (Å²) in [7, 11) is -3.24. The Bertz CT molecular complexity index is 717. The van der Waals surface area contributed by atoms with Gasteiger partial charge in [0.2, 0.25) is 15.9 Å². The molecule has 6 heteroatoms. The lowest BCUT2D eigenvalue weighted by atomic mass is 9.74. The van der Waals surface area contributed by atoms with Gasteiger partial charge in [0.05, 0.1) is 5.25 Å². The number of amides is 1. The van der Waals surface area contributed by atoms with Crippen LogP contribution >= 0.6 is 0 Å². The van der Waals surface area contributed by atoms with Crippen molar-refractivity contribution in [1.29, 1.82) is 0 Å². The van der Waals surface area contributed by atoms with Crippen molar-refractivity contribution in [3.8, 4) is 0 Å². The lowest BCUT2D eigenvalue weighted by Gasteiger charge is -2.48. The van der Waals surface area contributed by atoms with Crippen LogP contribution in [0.1, 0.15) is 45.1 Å². The summed E-state index contributed by atoms with van der Waals surface area (Å²) in [5.41, 5.74) is 1.03. The van der Waals surface area contributed by atoms with E-state index in [9.17, 15) is 13.2 Å². The standard InChI is InChI=1S/C19H28N2O3S/c1-16(2)25(23,24)21-12-6-10-19(15-21)11-9-18(22)20(14-19)13-17-7-4-3-5-8-17/h3-5,7-8,16H,6,9-15H2,1-2H3. The molecule has 25 heavy (non-hydrogen) atoms. The van der Waals surface area contributed by atoms with Crippen molar-refractivity contribution in [2.45, 2.75) is 51.3 Å². The van der Waals surface area contributed by atoms with Crippen LogP contribution < -0.4 is 0 Å². The van der Waals surface area contributed by atoms with Gasteiger partial charge in [0, 0.05) is 38.0 Å². The Balaban J connectivity index is 1.76. The van der Waals surface area contributed by atoms with Gasteiger partial charge in [-0.2, -0.15) is 0 Å². The molecule has 0 bridgehead atoms. The molecule has 2 heterocycles. The molecule has 138 valence electrons. The third-order valence-corrected chi connectivity index (χ3v) is 7.77. The van der Waals surface area contributed by atoms with Gasteiger partial charge in [-0.25, -0.2) is 12.7 Å². The van der Waals surface area contributed by atoms with Crippen molar-refractivity contribution in [2.75, 3.05) is 19.6 Å². The molecule has 0 aliphatic carbocycles. The molecule has 0 radical (unpaired) electrons. The van der Waals surface area contributed by atoms with Gasteiger partial charge in [-0.3, -0.25) is 4.79 Å². The maximum atomic E-state index is 12.6. The monoisotopic (exact) mass is 364 g/mol. The second-order valence-electron chi connectivity index (χ2n) is 7.77. The summed E-state index contributed by atoms with van der Waals surface area (Å²) < 4.78 is 26.9. The summed E-state index contributed by atoms with van der Waals surface area (Å²) >= 11 is 0. The van der Waals surface area contributed by atoms with Crippen LogP contribution in [0, 0.1) is 5.41 Å². The second kappa shape index (κ2) is 7.08. The molecular weight excluding hydrogens is 336 g/mol. The molecular formula is C19H28N2O3S. The number of likely N-dealkylation sites (tertiary alicyclic amines) is 1. The summed E-state index contributed by atoms with van der Waals surface area (Å²) in [6, 6.07) is 10.0. The summed E-state index contributed by atoms with van der Waals surface area (Å²) in [5.74, 6) is 0.179. The van der Waals surface area contributed by atoms with E-state index in [1.54, 1.807) is 18.2 Å². The molecule has 2 aliphatic rings. The van der Waals surface area contributed by atoms with Crippen LogP contribution in [0.5, 0.6) is 0 Å². The van der Waals surface area contributed by atoms with Gasteiger partial charge in [-0.05, 0) is 38.7 Å². The first-order valence-electron chi connectivity index (χ1n) is 9.13. The third kappa shape index (κ3) is 3.90. The van der Waals surface area contributed by atoms with E-state index in [1.807, 2.05) is 35.2 Å². The molecule has 0 N–H and O–H groups in total. The molecule has 2 aliphatic heterocycles. The van der Waals surface area contributed by atoms with E-state index in [0.29, 0.717) is 32.6 Å². The Kier molecular flexibility index (Phi) is 5.21. The van der Waals surface area contributed by atoms with Crippen molar-refractivity contribution in [1.82, 2.24) is 9.21 Å². The van der Waals surface area contributed by atoms with Crippen LogP contribution in [0.25, 0.3) is 0 Å². The molecule has 0 aromatic heterocycles. The Hall–Kier alpha value is -1.40. The molecule has 2 saturated heterocycles. The van der Waals surface area contributed by atoms with Gasteiger partial charge in [0.15, 0.2) is 0 Å². The van der Waals surface area contributed by atoms with Crippen LogP contribution in [0.4, 0.5) is 0 Å². The fourth-order valence-corrected chi connectivity index (χ4v) is 5.49. The molecule has 1 amide bonds. The molecule has 1 aromatic rings. The number of carbonyl (C=O) groups is 1. The molecule has 0 saturated carbocycles. The normalized spacial score (nSPS) is 25.7. The van der Waals surface area contributed by atoms with Gasteiger partial charge in [-0.1, -0.05) is 30.3 Å². The lowest BCUT2D eigenvalue weighted by molar-refractivity contribution is -0.139. The largest absolute Gasteiger partial charge is 0.338 e. The maximum absolute atomic E-state index is 12.6. The van der Waals surface area contributed by atoms with Crippen LogP contribution in [0.2, 0.25) is 0 Å². The van der Waals surface area contributed by atoms with Crippen molar-refractivity contribution in [2.24, 2.45) is 5.41 Å². The van der Waals surface area contributed by atoms with E-state index in [2.05, 4.69) is 0 Å². The topological polar surface area (TPSA) is 57.7 Å². The molecule has 1 spiro atoms. The van der Waals surface area contributed by atoms with Gasteiger partial charge < -0.3 is 4.90 Å². The predicted octanol–water partition coefficient (Wildman–Crippen LogP) is 2.63. The third-order valence-electron chi connectivity index (χ3n) is 5.55. The first-order chi connectivity index (χ1) is 11.8. The zero-order chi connectivity index (χ0) is 18.1. The van der Waals surface area contributed by atoms with Crippen LogP contribution in [0.3, 0.4) is 0 Å². The fourth-order valence-electron chi connectivity index (χ4n) is 4.06. The summed E-state index contributed by atoms with van der Waals surface area (Å²) in [5, 5.41) is -0.395. The Morgan fingerprint density at radius 2 is 1.84 bits per heavy atom. The number of benzene rings is 1. The van der Waals surface area contributed by atoms with E-state index in [1.165, 1.54) is 0 Å². The number of rotatable bonds is 4. The maximum Gasteiger partial charge on any atom is 0.222 e. The number of hydrogen-bond donors (Lipinski definition) is 0. The van der Waals surface area contributed by atoms with Gasteiger partial charge in [0.25, 0.3) is 0 Å². The second-order valence-corrected chi connectivity index (χ2v) is 10.3. The first-order valence-corrected chi connectivity index (χ1v) is 10.6. The van der Waals surface area contributed by atoms with E-state index >= 15 is 0 Å². The van der Waals surface area contributed by atoms with Crippen molar-refractivity contribution < 1.29 is 13.2 Å². The molecule has 1 unspecified atom stereocenters.